The summed E-state index contributed by atoms with van der Waals surface area (Å²) in [5.74, 6) is -1.99. The van der Waals surface area contributed by atoms with Crippen LogP contribution in [0.4, 0.5) is 13.9 Å². The molecule has 1 aliphatic carbocycles. The lowest BCUT2D eigenvalue weighted by atomic mass is 9.94. The first-order chi connectivity index (χ1) is 15.9. The van der Waals surface area contributed by atoms with E-state index in [4.69, 9.17) is 0 Å². The minimum atomic E-state index is -2.93. The van der Waals surface area contributed by atoms with E-state index in [0.717, 1.165) is 18.4 Å². The number of carbonyl (C=O) groups excluding carboxylic acids is 1. The van der Waals surface area contributed by atoms with E-state index in [9.17, 15) is 23.5 Å². The minimum absolute atomic E-state index is 0.0166. The van der Waals surface area contributed by atoms with Crippen molar-refractivity contribution in [2.75, 3.05) is 4.90 Å². The molecule has 0 saturated heterocycles. The van der Waals surface area contributed by atoms with Crippen molar-refractivity contribution in [3.05, 3.63) is 65.5 Å². The van der Waals surface area contributed by atoms with E-state index in [1.165, 1.54) is 23.5 Å². The Bertz CT molecular complexity index is 1120. The zero-order chi connectivity index (χ0) is 23.4. The number of rotatable bonds is 10. The molecule has 1 N–H and O–H groups in total. The topological polar surface area (TPSA) is 79.7 Å². The van der Waals surface area contributed by atoms with Crippen LogP contribution in [0.5, 0.6) is 5.75 Å². The number of hydrogen-bond acceptors (Lipinski definition) is 5. The number of carboxylic acid groups (broad SMARTS) is 1. The minimum Gasteiger partial charge on any atom is -0.481 e. The van der Waals surface area contributed by atoms with E-state index in [1.54, 1.807) is 22.4 Å². The van der Waals surface area contributed by atoms with Crippen molar-refractivity contribution in [2.45, 2.75) is 38.3 Å². The second kappa shape index (κ2) is 10.1. The summed E-state index contributed by atoms with van der Waals surface area (Å²) in [6, 6.07) is 15.5. The highest BCUT2D eigenvalue weighted by Gasteiger charge is 2.39. The molecule has 172 valence electrons. The van der Waals surface area contributed by atoms with Crippen LogP contribution in [0.3, 0.4) is 0 Å². The monoisotopic (exact) mass is 472 g/mol. The van der Waals surface area contributed by atoms with Crippen LogP contribution in [0.1, 0.15) is 24.8 Å². The standard InChI is InChI=1S/C24H22F2N2O4S/c25-23(26)32-19-8-4-7-16(12-19)20-14-33-24(27-20)28(18-9-10-18)22(31)17(13-21(29)30)11-15-5-2-1-3-6-15/h1-8,12,14,17-18,23H,9-11,13H2,(H,29,30)/t17-/m1/s1. The first kappa shape index (κ1) is 22.8. The second-order valence-electron chi connectivity index (χ2n) is 7.85. The Labute approximate surface area is 193 Å². The van der Waals surface area contributed by atoms with Crippen molar-refractivity contribution in [2.24, 2.45) is 5.92 Å². The molecule has 0 bridgehead atoms. The molecular formula is C24H22F2N2O4S. The number of carbonyl (C=O) groups is 2. The zero-order valence-electron chi connectivity index (χ0n) is 17.6. The molecule has 0 unspecified atom stereocenters. The van der Waals surface area contributed by atoms with Crippen molar-refractivity contribution in [1.82, 2.24) is 4.98 Å². The summed E-state index contributed by atoms with van der Waals surface area (Å²) in [6.45, 7) is -2.93. The van der Waals surface area contributed by atoms with Gasteiger partial charge in [-0.3, -0.25) is 14.5 Å². The maximum Gasteiger partial charge on any atom is 0.387 e. The molecule has 6 nitrogen and oxygen atoms in total. The molecule has 9 heteroatoms. The number of ether oxygens (including phenoxy) is 1. The van der Waals surface area contributed by atoms with Gasteiger partial charge in [-0.1, -0.05) is 42.5 Å². The van der Waals surface area contributed by atoms with Crippen LogP contribution in [0, 0.1) is 5.92 Å². The third-order valence-electron chi connectivity index (χ3n) is 5.30. The van der Waals surface area contributed by atoms with E-state index < -0.39 is 18.5 Å². The quantitative estimate of drug-likeness (QED) is 0.437. The molecule has 1 aliphatic rings. The summed E-state index contributed by atoms with van der Waals surface area (Å²) < 4.78 is 29.6. The van der Waals surface area contributed by atoms with Gasteiger partial charge in [-0.05, 0) is 37.0 Å². The Morgan fingerprint density at radius 3 is 2.58 bits per heavy atom. The number of aromatic nitrogens is 1. The van der Waals surface area contributed by atoms with Gasteiger partial charge in [0.2, 0.25) is 5.91 Å². The molecule has 0 aliphatic heterocycles. The number of alkyl halides is 2. The molecule has 1 atom stereocenters. The number of thiazole rings is 1. The Kier molecular flexibility index (Phi) is 6.98. The third kappa shape index (κ3) is 5.92. The average Bonchev–Trinajstić information content (AvgIpc) is 3.49. The van der Waals surface area contributed by atoms with Gasteiger partial charge in [0.25, 0.3) is 0 Å². The zero-order valence-corrected chi connectivity index (χ0v) is 18.4. The van der Waals surface area contributed by atoms with Gasteiger partial charge in [0.15, 0.2) is 5.13 Å². The van der Waals surface area contributed by atoms with Gasteiger partial charge in [0.05, 0.1) is 18.0 Å². The molecule has 1 amide bonds. The fourth-order valence-corrected chi connectivity index (χ4v) is 4.56. The first-order valence-electron chi connectivity index (χ1n) is 10.5. The van der Waals surface area contributed by atoms with Crippen LogP contribution in [0.25, 0.3) is 11.3 Å². The lowest BCUT2D eigenvalue weighted by molar-refractivity contribution is -0.140. The predicted octanol–water partition coefficient (Wildman–Crippen LogP) is 5.24. The molecule has 3 aromatic rings. The maximum absolute atomic E-state index is 13.5. The van der Waals surface area contributed by atoms with Crippen LogP contribution in [0.2, 0.25) is 0 Å². The number of aliphatic carboxylic acids is 1. The Hall–Kier alpha value is -3.33. The van der Waals surface area contributed by atoms with Crippen molar-refractivity contribution in [3.8, 4) is 17.0 Å². The number of carboxylic acids is 1. The smallest absolute Gasteiger partial charge is 0.387 e. The van der Waals surface area contributed by atoms with Gasteiger partial charge in [0, 0.05) is 17.0 Å². The third-order valence-corrected chi connectivity index (χ3v) is 6.14. The van der Waals surface area contributed by atoms with Crippen LogP contribution in [-0.2, 0) is 16.0 Å². The van der Waals surface area contributed by atoms with Gasteiger partial charge < -0.3 is 9.84 Å². The van der Waals surface area contributed by atoms with Gasteiger partial charge in [-0.15, -0.1) is 11.3 Å². The highest BCUT2D eigenvalue weighted by Crippen LogP contribution is 2.37. The number of nitrogens with zero attached hydrogens (tertiary/aromatic N) is 2. The van der Waals surface area contributed by atoms with E-state index in [1.807, 2.05) is 30.3 Å². The molecule has 0 radical (unpaired) electrons. The Balaban J connectivity index is 1.59. The van der Waals surface area contributed by atoms with Crippen LogP contribution >= 0.6 is 11.3 Å². The number of halogens is 2. The van der Waals surface area contributed by atoms with E-state index in [0.29, 0.717) is 22.8 Å². The number of amides is 1. The molecule has 0 spiro atoms. The van der Waals surface area contributed by atoms with Crippen molar-refractivity contribution in [1.29, 1.82) is 0 Å². The lowest BCUT2D eigenvalue weighted by Crippen LogP contribution is -2.39. The van der Waals surface area contributed by atoms with Crippen molar-refractivity contribution in [3.63, 3.8) is 0 Å². The molecule has 4 rings (SSSR count). The summed E-state index contributed by atoms with van der Waals surface area (Å²) in [4.78, 5) is 31.2. The lowest BCUT2D eigenvalue weighted by Gasteiger charge is -2.24. The van der Waals surface area contributed by atoms with Crippen molar-refractivity contribution >= 4 is 28.3 Å². The molecule has 1 aromatic heterocycles. The molecule has 1 heterocycles. The van der Waals surface area contributed by atoms with Crippen molar-refractivity contribution < 1.29 is 28.2 Å². The Morgan fingerprint density at radius 2 is 1.91 bits per heavy atom. The fraction of sp³-hybridized carbons (Fsp3) is 0.292. The van der Waals surface area contributed by atoms with Gasteiger partial charge in [0.1, 0.15) is 5.75 Å². The average molecular weight is 473 g/mol. The van der Waals surface area contributed by atoms with Crippen LogP contribution in [-0.4, -0.2) is 34.6 Å². The fourth-order valence-electron chi connectivity index (χ4n) is 3.66. The molecule has 1 saturated carbocycles. The van der Waals surface area contributed by atoms with Crippen LogP contribution in [0.15, 0.2) is 60.0 Å². The van der Waals surface area contributed by atoms with Gasteiger partial charge in [-0.2, -0.15) is 8.78 Å². The SMILES string of the molecule is O=C(O)C[C@@H](Cc1ccccc1)C(=O)N(c1nc(-c2cccc(OC(F)F)c2)cs1)C1CC1. The largest absolute Gasteiger partial charge is 0.481 e. The molecule has 1 fully saturated rings. The maximum atomic E-state index is 13.5. The summed E-state index contributed by atoms with van der Waals surface area (Å²) in [5, 5.41) is 11.6. The number of hydrogen-bond donors (Lipinski definition) is 1. The predicted molar refractivity (Wildman–Crippen MR) is 121 cm³/mol. The Morgan fingerprint density at radius 1 is 1.15 bits per heavy atom. The highest BCUT2D eigenvalue weighted by atomic mass is 32.1. The molecule has 33 heavy (non-hydrogen) atoms. The van der Waals surface area contributed by atoms with E-state index in [-0.39, 0.29) is 24.1 Å². The van der Waals surface area contributed by atoms with E-state index >= 15 is 0 Å². The summed E-state index contributed by atoms with van der Waals surface area (Å²) in [7, 11) is 0. The van der Waals surface area contributed by atoms with Gasteiger partial charge >= 0.3 is 12.6 Å². The van der Waals surface area contributed by atoms with Crippen LogP contribution < -0.4 is 9.64 Å². The summed E-state index contributed by atoms with van der Waals surface area (Å²) >= 11 is 1.27. The number of benzene rings is 2. The molecule has 2 aromatic carbocycles. The van der Waals surface area contributed by atoms with E-state index in [2.05, 4.69) is 9.72 Å². The highest BCUT2D eigenvalue weighted by molar-refractivity contribution is 7.14. The number of anilines is 1. The van der Waals surface area contributed by atoms with Gasteiger partial charge in [-0.25, -0.2) is 4.98 Å². The first-order valence-corrected chi connectivity index (χ1v) is 11.4. The summed E-state index contributed by atoms with van der Waals surface area (Å²) in [6.07, 6.45) is 1.69. The second-order valence-corrected chi connectivity index (χ2v) is 8.68. The molecular weight excluding hydrogens is 450 g/mol. The summed E-state index contributed by atoms with van der Waals surface area (Å²) in [5.41, 5.74) is 2.01. The normalized spacial score (nSPS) is 14.2.